The van der Waals surface area contributed by atoms with E-state index in [9.17, 15) is 18.0 Å². The minimum atomic E-state index is -4.11. The first-order chi connectivity index (χ1) is 20.7. The Hall–Kier alpha value is -3.35. The van der Waals surface area contributed by atoms with Crippen molar-refractivity contribution >= 4 is 33.8 Å². The Labute approximate surface area is 258 Å². The van der Waals surface area contributed by atoms with Crippen molar-refractivity contribution in [3.8, 4) is 11.1 Å². The lowest BCUT2D eigenvalue weighted by Gasteiger charge is -2.14. The summed E-state index contributed by atoms with van der Waals surface area (Å²) in [6, 6.07) is 13.2. The molecule has 0 atom stereocenters. The number of hydrogen-bond donors (Lipinski definition) is 3. The number of aromatic nitrogens is 2. The molecule has 0 bridgehead atoms. The van der Waals surface area contributed by atoms with Gasteiger partial charge in [-0.15, -0.1) is 11.8 Å². The van der Waals surface area contributed by atoms with Gasteiger partial charge >= 0.3 is 12.0 Å². The molecule has 0 saturated heterocycles. The van der Waals surface area contributed by atoms with E-state index in [1.165, 1.54) is 17.8 Å². The van der Waals surface area contributed by atoms with E-state index in [1.54, 1.807) is 25.1 Å². The highest BCUT2D eigenvalue weighted by Crippen LogP contribution is 2.30. The second kappa shape index (κ2) is 17.1. The molecule has 0 aliphatic rings. The van der Waals surface area contributed by atoms with Gasteiger partial charge in [-0.3, -0.25) is 0 Å². The number of rotatable bonds is 17. The lowest BCUT2D eigenvalue weighted by atomic mass is 10.0. The van der Waals surface area contributed by atoms with Gasteiger partial charge in [0.15, 0.2) is 5.69 Å². The van der Waals surface area contributed by atoms with E-state index in [0.717, 1.165) is 36.4 Å². The van der Waals surface area contributed by atoms with Gasteiger partial charge in [-0.25, -0.2) is 27.7 Å². The van der Waals surface area contributed by atoms with Gasteiger partial charge in [0, 0.05) is 31.7 Å². The van der Waals surface area contributed by atoms with Crippen LogP contribution in [-0.4, -0.2) is 60.6 Å². The fourth-order valence-corrected chi connectivity index (χ4v) is 6.62. The molecule has 1 heterocycles. The minimum Gasteiger partial charge on any atom is -0.461 e. The predicted octanol–water partition coefficient (Wildman–Crippen LogP) is 5.38. The number of carbonyl (C=O) groups excluding carboxylic acids is 2. The fourth-order valence-electron chi connectivity index (χ4n) is 4.41. The summed E-state index contributed by atoms with van der Waals surface area (Å²) in [7, 11) is -4.11. The van der Waals surface area contributed by atoms with Crippen LogP contribution in [0.1, 0.15) is 74.8 Å². The van der Waals surface area contributed by atoms with Gasteiger partial charge in [0.1, 0.15) is 10.9 Å². The molecule has 10 nitrogen and oxygen atoms in total. The molecule has 0 saturated carbocycles. The summed E-state index contributed by atoms with van der Waals surface area (Å²) in [6.07, 6.45) is 4.78. The van der Waals surface area contributed by atoms with Crippen LogP contribution >= 0.6 is 11.8 Å². The Morgan fingerprint density at radius 2 is 1.74 bits per heavy atom. The van der Waals surface area contributed by atoms with Crippen molar-refractivity contribution in [2.45, 2.75) is 75.8 Å². The first-order valence-electron chi connectivity index (χ1n) is 14.7. The molecule has 3 aromatic rings. The molecule has 0 aliphatic heterocycles. The minimum absolute atomic E-state index is 0.00155. The number of sulfonamides is 1. The van der Waals surface area contributed by atoms with Gasteiger partial charge in [0.05, 0.1) is 11.5 Å². The summed E-state index contributed by atoms with van der Waals surface area (Å²) in [5.74, 6) is 1.11. The lowest BCUT2D eigenvalue weighted by Crippen LogP contribution is -2.39. The highest BCUT2D eigenvalue weighted by molar-refractivity contribution is 7.99. The highest BCUT2D eigenvalue weighted by Gasteiger charge is 2.25. The summed E-state index contributed by atoms with van der Waals surface area (Å²) in [4.78, 5) is 30.1. The van der Waals surface area contributed by atoms with Crippen molar-refractivity contribution in [2.75, 3.05) is 25.5 Å². The summed E-state index contributed by atoms with van der Waals surface area (Å²) < 4.78 is 35.6. The fraction of sp³-hybridized carbons (Fsp3) is 0.452. The molecule has 3 rings (SSSR count). The number of nitrogens with one attached hydrogen (secondary N) is 2. The molecule has 12 heteroatoms. The van der Waals surface area contributed by atoms with Crippen LogP contribution in [0.5, 0.6) is 0 Å². The third-order valence-electron chi connectivity index (χ3n) is 6.57. The Kier molecular flexibility index (Phi) is 13.6. The number of ether oxygens (including phenoxy) is 1. The molecule has 0 radical (unpaired) electrons. The Morgan fingerprint density at radius 1 is 1.00 bits per heavy atom. The molecular weight excluding hydrogens is 588 g/mol. The molecule has 0 unspecified atom stereocenters. The van der Waals surface area contributed by atoms with Crippen LogP contribution in [0.3, 0.4) is 0 Å². The van der Waals surface area contributed by atoms with E-state index in [4.69, 9.17) is 14.8 Å². The van der Waals surface area contributed by atoms with Crippen molar-refractivity contribution in [3.63, 3.8) is 0 Å². The van der Waals surface area contributed by atoms with E-state index in [2.05, 4.69) is 17.0 Å². The highest BCUT2D eigenvalue weighted by atomic mass is 32.2. The van der Waals surface area contributed by atoms with Gasteiger partial charge in [-0.2, -0.15) is 0 Å². The number of urea groups is 1. The van der Waals surface area contributed by atoms with Gasteiger partial charge in [-0.05, 0) is 55.6 Å². The van der Waals surface area contributed by atoms with E-state index in [-0.39, 0.29) is 18.1 Å². The molecular formula is C31H42N4O6S2. The molecule has 43 heavy (non-hydrogen) atoms. The number of benzene rings is 2. The number of carbonyl (C=O) groups is 2. The third-order valence-corrected chi connectivity index (χ3v) is 9.01. The number of aliphatic hydroxyl groups excluding tert-OH is 1. The third kappa shape index (κ3) is 9.57. The molecule has 2 amide bonds. The van der Waals surface area contributed by atoms with E-state index < -0.39 is 22.0 Å². The van der Waals surface area contributed by atoms with E-state index in [0.29, 0.717) is 54.2 Å². The first kappa shape index (κ1) is 34.1. The SMILES string of the molecule is CCCCc1nc(SCCCCO)c(C(=O)OCC)n1Cc1ccc(-c2ccccc2S(=O)(=O)NC(=O)NCCC)cc1. The first-order valence-corrected chi connectivity index (χ1v) is 17.2. The maximum absolute atomic E-state index is 13.1. The van der Waals surface area contributed by atoms with Crippen LogP contribution in [0.25, 0.3) is 11.1 Å². The van der Waals surface area contributed by atoms with E-state index >= 15 is 0 Å². The number of hydrogen-bond acceptors (Lipinski definition) is 8. The molecule has 1 aromatic heterocycles. The normalized spacial score (nSPS) is 11.3. The molecule has 0 fully saturated rings. The zero-order valence-corrected chi connectivity index (χ0v) is 26.7. The maximum Gasteiger partial charge on any atom is 0.357 e. The van der Waals surface area contributed by atoms with Crippen molar-refractivity contribution in [3.05, 3.63) is 65.6 Å². The Bertz CT molecular complexity index is 1460. The number of imidazole rings is 1. The predicted molar refractivity (Wildman–Crippen MR) is 169 cm³/mol. The molecule has 0 spiro atoms. The number of esters is 1. The standard InChI is InChI=1S/C31H42N4O6S2/c1-4-7-14-27-33-29(42-21-11-10-20-36)28(30(37)41-6-3)35(27)22-23-15-17-24(18-16-23)25-12-8-9-13-26(25)43(39,40)34-31(38)32-19-5-2/h8-9,12-13,15-18,36H,4-7,10-11,14,19-22H2,1-3H3,(H2,32,34,38). The van der Waals surface area contributed by atoms with Crippen LogP contribution in [0, 0.1) is 0 Å². The lowest BCUT2D eigenvalue weighted by molar-refractivity contribution is 0.0509. The second-order valence-corrected chi connectivity index (χ2v) is 12.7. The average molecular weight is 631 g/mol. The Balaban J connectivity index is 1.93. The number of aryl methyl sites for hydroxylation is 1. The average Bonchev–Trinajstić information content (AvgIpc) is 3.34. The summed E-state index contributed by atoms with van der Waals surface area (Å²) in [6.45, 7) is 6.87. The van der Waals surface area contributed by atoms with Crippen molar-refractivity contribution in [1.29, 1.82) is 0 Å². The van der Waals surface area contributed by atoms with Crippen LogP contribution in [0.15, 0.2) is 58.5 Å². The zero-order valence-electron chi connectivity index (χ0n) is 25.1. The molecule has 3 N–H and O–H groups in total. The zero-order chi connectivity index (χ0) is 31.2. The largest absolute Gasteiger partial charge is 0.461 e. The number of aliphatic hydroxyl groups is 1. The van der Waals surface area contributed by atoms with Gasteiger partial charge < -0.3 is 19.7 Å². The number of thioether (sulfide) groups is 1. The number of unbranched alkanes of at least 4 members (excludes halogenated alkanes) is 2. The molecule has 0 aliphatic carbocycles. The van der Waals surface area contributed by atoms with Crippen molar-refractivity contribution in [2.24, 2.45) is 0 Å². The summed E-state index contributed by atoms with van der Waals surface area (Å²) in [5.41, 5.74) is 2.46. The monoisotopic (exact) mass is 630 g/mol. The van der Waals surface area contributed by atoms with Gasteiger partial charge in [-0.1, -0.05) is 62.7 Å². The number of amides is 2. The van der Waals surface area contributed by atoms with Crippen molar-refractivity contribution in [1.82, 2.24) is 19.6 Å². The maximum atomic E-state index is 13.1. The van der Waals surface area contributed by atoms with Crippen molar-refractivity contribution < 1.29 is 27.9 Å². The van der Waals surface area contributed by atoms with Gasteiger partial charge in [0.25, 0.3) is 10.0 Å². The van der Waals surface area contributed by atoms with Crippen LogP contribution in [-0.2, 0) is 27.7 Å². The topological polar surface area (TPSA) is 140 Å². The molecule has 234 valence electrons. The van der Waals surface area contributed by atoms with Crippen LogP contribution < -0.4 is 10.0 Å². The second-order valence-electron chi connectivity index (χ2n) is 9.93. The van der Waals surface area contributed by atoms with E-state index in [1.807, 2.05) is 35.8 Å². The summed E-state index contributed by atoms with van der Waals surface area (Å²) >= 11 is 1.50. The van der Waals surface area contributed by atoms with Gasteiger partial charge in [0.2, 0.25) is 0 Å². The Morgan fingerprint density at radius 3 is 2.42 bits per heavy atom. The smallest absolute Gasteiger partial charge is 0.357 e. The quantitative estimate of drug-likeness (QED) is 0.103. The molecule has 2 aromatic carbocycles. The van der Waals surface area contributed by atoms with Crippen LogP contribution in [0.4, 0.5) is 4.79 Å². The van der Waals surface area contributed by atoms with Crippen LogP contribution in [0.2, 0.25) is 0 Å². The summed E-state index contributed by atoms with van der Waals surface area (Å²) in [5, 5.41) is 12.3. The number of nitrogens with zero attached hydrogens (tertiary/aromatic N) is 2.